The van der Waals surface area contributed by atoms with E-state index in [-0.39, 0.29) is 22.5 Å². The highest BCUT2D eigenvalue weighted by Gasteiger charge is 2.28. The van der Waals surface area contributed by atoms with Crippen LogP contribution in [0.1, 0.15) is 13.8 Å². The van der Waals surface area contributed by atoms with Gasteiger partial charge in [0.25, 0.3) is 11.5 Å². The maximum Gasteiger partial charge on any atom is 0.263 e. The van der Waals surface area contributed by atoms with Gasteiger partial charge in [0.15, 0.2) is 6.10 Å². The van der Waals surface area contributed by atoms with E-state index in [9.17, 15) is 14.0 Å². The van der Waals surface area contributed by atoms with Crippen LogP contribution in [0.3, 0.4) is 0 Å². The molecule has 1 N–H and O–H groups in total. The average Bonchev–Trinajstić information content (AvgIpc) is 2.75. The molecule has 0 radical (unpaired) electrons. The number of carbonyl (C=O) groups is 1. The van der Waals surface area contributed by atoms with E-state index in [1.54, 1.807) is 42.3 Å². The monoisotopic (exact) mass is 444 g/mol. The number of amides is 1. The number of hydrogen-bond donors (Lipinski definition) is 1. The summed E-state index contributed by atoms with van der Waals surface area (Å²) in [6.07, 6.45) is 0.836. The Morgan fingerprint density at radius 2 is 2.06 bits per heavy atom. The predicted octanol–water partition coefficient (Wildman–Crippen LogP) is 4.00. The maximum atomic E-state index is 13.4. The largest absolute Gasteiger partial charge is 0.481 e. The Balaban J connectivity index is 1.64. The molecule has 0 spiro atoms. The molecule has 31 heavy (non-hydrogen) atoms. The van der Waals surface area contributed by atoms with Crippen molar-refractivity contribution in [3.05, 3.63) is 63.8 Å². The Hall–Kier alpha value is -2.90. The number of nitrogens with one attached hydrogen (secondary N) is 1. The fourth-order valence-corrected chi connectivity index (χ4v) is 4.05. The molecule has 1 amide bonds. The number of hydrogen-bond acceptors (Lipinski definition) is 4. The molecule has 2 atom stereocenters. The quantitative estimate of drug-likeness (QED) is 0.660. The van der Waals surface area contributed by atoms with E-state index in [2.05, 4.69) is 4.98 Å². The van der Waals surface area contributed by atoms with Crippen molar-refractivity contribution in [2.45, 2.75) is 26.0 Å². The van der Waals surface area contributed by atoms with Gasteiger partial charge in [-0.15, -0.1) is 0 Å². The summed E-state index contributed by atoms with van der Waals surface area (Å²) in [6.45, 7) is 5.14. The normalized spacial score (nSPS) is 17.5. The SMILES string of the molecule is C[C@@H]1COCCN1C(=O)[C@@H](C)Oc1ccc2c(-c3ccc(F)cc3Cl)c[nH]c(=O)c2c1. The topological polar surface area (TPSA) is 71.6 Å². The summed E-state index contributed by atoms with van der Waals surface area (Å²) in [5.41, 5.74) is 0.962. The Labute approximate surface area is 183 Å². The second kappa shape index (κ2) is 8.69. The third-order valence-electron chi connectivity index (χ3n) is 5.41. The number of halogens is 2. The van der Waals surface area contributed by atoms with E-state index in [4.69, 9.17) is 21.1 Å². The lowest BCUT2D eigenvalue weighted by atomic mass is 10.0. The van der Waals surface area contributed by atoms with Gasteiger partial charge in [-0.1, -0.05) is 11.6 Å². The van der Waals surface area contributed by atoms with Gasteiger partial charge in [-0.05, 0) is 55.6 Å². The van der Waals surface area contributed by atoms with E-state index in [0.717, 1.165) is 0 Å². The standard InChI is InChI=1S/C23H22ClFN2O4/c1-13-12-30-8-7-27(13)23(29)14(2)31-16-4-6-17-19(10-16)22(28)26-11-20(17)18-5-3-15(25)9-21(18)24/h3-6,9-11,13-14H,7-8,12H2,1-2H3,(H,26,28)/t13-,14-/m1/s1. The van der Waals surface area contributed by atoms with Crippen LogP contribution in [0.25, 0.3) is 21.9 Å². The number of carbonyl (C=O) groups excluding carboxylic acids is 1. The summed E-state index contributed by atoms with van der Waals surface area (Å²) in [7, 11) is 0. The zero-order chi connectivity index (χ0) is 22.1. The fourth-order valence-electron chi connectivity index (χ4n) is 3.79. The lowest BCUT2D eigenvalue weighted by molar-refractivity contribution is -0.145. The summed E-state index contributed by atoms with van der Waals surface area (Å²) < 4.78 is 24.7. The summed E-state index contributed by atoms with van der Waals surface area (Å²) >= 11 is 6.22. The molecule has 1 saturated heterocycles. The second-order valence-corrected chi connectivity index (χ2v) is 7.99. The molecule has 1 fully saturated rings. The van der Waals surface area contributed by atoms with Gasteiger partial charge in [-0.25, -0.2) is 4.39 Å². The first kappa shape index (κ1) is 21.3. The van der Waals surface area contributed by atoms with Crippen molar-refractivity contribution in [2.75, 3.05) is 19.8 Å². The molecule has 0 saturated carbocycles. The third kappa shape index (κ3) is 4.29. The molecule has 0 aliphatic carbocycles. The summed E-state index contributed by atoms with van der Waals surface area (Å²) in [5.74, 6) is -0.162. The highest BCUT2D eigenvalue weighted by molar-refractivity contribution is 6.33. The second-order valence-electron chi connectivity index (χ2n) is 7.58. The van der Waals surface area contributed by atoms with Crippen molar-refractivity contribution in [1.29, 1.82) is 0 Å². The average molecular weight is 445 g/mol. The van der Waals surface area contributed by atoms with Crippen LogP contribution < -0.4 is 10.3 Å². The lowest BCUT2D eigenvalue weighted by Crippen LogP contribution is -2.51. The fraction of sp³-hybridized carbons (Fsp3) is 0.304. The number of H-pyrrole nitrogens is 1. The van der Waals surface area contributed by atoms with Crippen LogP contribution in [-0.2, 0) is 9.53 Å². The number of pyridine rings is 1. The molecule has 3 aromatic rings. The molecule has 0 bridgehead atoms. The lowest BCUT2D eigenvalue weighted by Gasteiger charge is -2.34. The summed E-state index contributed by atoms with van der Waals surface area (Å²) in [4.78, 5) is 29.7. The van der Waals surface area contributed by atoms with Crippen molar-refractivity contribution in [3.8, 4) is 16.9 Å². The van der Waals surface area contributed by atoms with Crippen LogP contribution in [0.15, 0.2) is 47.4 Å². The van der Waals surface area contributed by atoms with Crippen molar-refractivity contribution in [1.82, 2.24) is 9.88 Å². The van der Waals surface area contributed by atoms with Crippen molar-refractivity contribution >= 4 is 28.3 Å². The molecule has 2 heterocycles. The molecule has 8 heteroatoms. The van der Waals surface area contributed by atoms with E-state index in [0.29, 0.717) is 47.4 Å². The number of aromatic amines is 1. The number of benzene rings is 2. The van der Waals surface area contributed by atoms with Crippen molar-refractivity contribution < 1.29 is 18.7 Å². The smallest absolute Gasteiger partial charge is 0.263 e. The van der Waals surface area contributed by atoms with Gasteiger partial charge >= 0.3 is 0 Å². The summed E-state index contributed by atoms with van der Waals surface area (Å²) in [5, 5.41) is 1.27. The molecule has 6 nitrogen and oxygen atoms in total. The number of nitrogens with zero attached hydrogens (tertiary/aromatic N) is 1. The van der Waals surface area contributed by atoms with Gasteiger partial charge in [0.2, 0.25) is 0 Å². The van der Waals surface area contributed by atoms with E-state index >= 15 is 0 Å². The first-order valence-corrected chi connectivity index (χ1v) is 10.4. The number of morpholine rings is 1. The van der Waals surface area contributed by atoms with Gasteiger partial charge in [0, 0.05) is 23.9 Å². The molecule has 162 valence electrons. The summed E-state index contributed by atoms with van der Waals surface area (Å²) in [6, 6.07) is 9.13. The molecule has 2 aromatic carbocycles. The van der Waals surface area contributed by atoms with Crippen LogP contribution in [-0.4, -0.2) is 47.7 Å². The highest BCUT2D eigenvalue weighted by atomic mass is 35.5. The van der Waals surface area contributed by atoms with Gasteiger partial charge in [-0.2, -0.15) is 0 Å². The van der Waals surface area contributed by atoms with Crippen LogP contribution in [0, 0.1) is 5.82 Å². The minimum atomic E-state index is -0.716. The van der Waals surface area contributed by atoms with Crippen LogP contribution in [0.5, 0.6) is 5.75 Å². The van der Waals surface area contributed by atoms with E-state index in [1.165, 1.54) is 12.1 Å². The Kier molecular flexibility index (Phi) is 5.98. The first-order valence-electron chi connectivity index (χ1n) is 10.0. The first-order chi connectivity index (χ1) is 14.8. The maximum absolute atomic E-state index is 13.4. The molecule has 1 aliphatic heterocycles. The number of rotatable bonds is 4. The zero-order valence-electron chi connectivity index (χ0n) is 17.2. The zero-order valence-corrected chi connectivity index (χ0v) is 17.9. The van der Waals surface area contributed by atoms with E-state index in [1.807, 2.05) is 6.92 Å². The molecule has 4 rings (SSSR count). The van der Waals surface area contributed by atoms with Gasteiger partial charge in [0.1, 0.15) is 11.6 Å². The number of fused-ring (bicyclic) bond motifs is 1. The van der Waals surface area contributed by atoms with Crippen molar-refractivity contribution in [3.63, 3.8) is 0 Å². The predicted molar refractivity (Wildman–Crippen MR) is 117 cm³/mol. The van der Waals surface area contributed by atoms with Crippen LogP contribution in [0.4, 0.5) is 4.39 Å². The molecule has 0 unspecified atom stereocenters. The minimum absolute atomic E-state index is 0.0187. The molecular formula is C23H22ClFN2O4. The number of aromatic nitrogens is 1. The van der Waals surface area contributed by atoms with Crippen LogP contribution in [0.2, 0.25) is 5.02 Å². The van der Waals surface area contributed by atoms with Crippen LogP contribution >= 0.6 is 11.6 Å². The molecular weight excluding hydrogens is 423 g/mol. The van der Waals surface area contributed by atoms with Gasteiger partial charge < -0.3 is 19.4 Å². The van der Waals surface area contributed by atoms with Gasteiger partial charge in [0.05, 0.1) is 29.7 Å². The minimum Gasteiger partial charge on any atom is -0.481 e. The van der Waals surface area contributed by atoms with Crippen molar-refractivity contribution in [2.24, 2.45) is 0 Å². The Morgan fingerprint density at radius 1 is 1.26 bits per heavy atom. The van der Waals surface area contributed by atoms with E-state index < -0.39 is 11.9 Å². The highest BCUT2D eigenvalue weighted by Crippen LogP contribution is 2.33. The van der Waals surface area contributed by atoms with Gasteiger partial charge in [-0.3, -0.25) is 9.59 Å². The molecule has 1 aromatic heterocycles. The number of ether oxygens (including phenoxy) is 2. The third-order valence-corrected chi connectivity index (χ3v) is 5.72. The Morgan fingerprint density at radius 3 is 2.81 bits per heavy atom. The molecule has 1 aliphatic rings. The Bertz CT molecular complexity index is 1200.